The summed E-state index contributed by atoms with van der Waals surface area (Å²) in [5.74, 6) is 0. The highest BCUT2D eigenvalue weighted by Gasteiger charge is 2.35. The molecule has 0 radical (unpaired) electrons. The predicted molar refractivity (Wildman–Crippen MR) is 89.9 cm³/mol. The third kappa shape index (κ3) is 3.16. The van der Waals surface area contributed by atoms with Crippen LogP contribution in [0.5, 0.6) is 0 Å². The van der Waals surface area contributed by atoms with E-state index >= 15 is 0 Å². The van der Waals surface area contributed by atoms with Crippen molar-refractivity contribution in [2.75, 3.05) is 0 Å². The summed E-state index contributed by atoms with van der Waals surface area (Å²) in [6.45, 7) is 0. The molecule has 3 rings (SSSR count). The van der Waals surface area contributed by atoms with E-state index in [9.17, 15) is 13.2 Å². The van der Waals surface area contributed by atoms with Gasteiger partial charge in [-0.3, -0.25) is 0 Å². The number of benzene rings is 2. The summed E-state index contributed by atoms with van der Waals surface area (Å²) in [4.78, 5) is 0.223. The van der Waals surface area contributed by atoms with Crippen molar-refractivity contribution in [3.05, 3.63) is 71.9 Å². The molecule has 1 heterocycles. The smallest absolute Gasteiger partial charge is 0.389 e. The fourth-order valence-electron chi connectivity index (χ4n) is 2.30. The van der Waals surface area contributed by atoms with E-state index in [4.69, 9.17) is 18.0 Å². The molecule has 3 aromatic rings. The SMILES string of the molecule is NC(=S)c1ccc(-n2nc(C(F)(F)F)cc2-c2ccccc2)cc1. The Labute approximate surface area is 141 Å². The van der Waals surface area contributed by atoms with Crippen LogP contribution < -0.4 is 5.73 Å². The Morgan fingerprint density at radius 1 is 1.00 bits per heavy atom. The van der Waals surface area contributed by atoms with E-state index in [1.807, 2.05) is 0 Å². The number of rotatable bonds is 3. The van der Waals surface area contributed by atoms with Crippen LogP contribution in [0.25, 0.3) is 16.9 Å². The summed E-state index contributed by atoms with van der Waals surface area (Å²) < 4.78 is 40.5. The second-order valence-corrected chi connectivity index (χ2v) is 5.54. The lowest BCUT2D eigenvalue weighted by Crippen LogP contribution is -2.10. The zero-order chi connectivity index (χ0) is 17.3. The van der Waals surface area contributed by atoms with Crippen molar-refractivity contribution in [2.45, 2.75) is 6.18 Å². The number of hydrogen-bond donors (Lipinski definition) is 1. The predicted octanol–water partition coefficient (Wildman–Crippen LogP) is 4.19. The van der Waals surface area contributed by atoms with E-state index in [1.54, 1.807) is 54.6 Å². The lowest BCUT2D eigenvalue weighted by Gasteiger charge is -2.08. The van der Waals surface area contributed by atoms with Crippen LogP contribution in [0.3, 0.4) is 0 Å². The molecule has 0 unspecified atom stereocenters. The van der Waals surface area contributed by atoms with Gasteiger partial charge < -0.3 is 5.73 Å². The molecule has 122 valence electrons. The van der Waals surface area contributed by atoms with Crippen LogP contribution in [-0.2, 0) is 6.18 Å². The molecule has 0 fully saturated rings. The van der Waals surface area contributed by atoms with Crippen molar-refractivity contribution in [3.63, 3.8) is 0 Å². The van der Waals surface area contributed by atoms with Crippen LogP contribution in [0.4, 0.5) is 13.2 Å². The van der Waals surface area contributed by atoms with Gasteiger partial charge in [0.15, 0.2) is 5.69 Å². The average molecular weight is 347 g/mol. The molecule has 7 heteroatoms. The summed E-state index contributed by atoms with van der Waals surface area (Å²) in [5.41, 5.74) is 6.72. The Hall–Kier alpha value is -2.67. The van der Waals surface area contributed by atoms with Crippen molar-refractivity contribution < 1.29 is 13.2 Å². The summed E-state index contributed by atoms with van der Waals surface area (Å²) in [6, 6.07) is 16.4. The first-order chi connectivity index (χ1) is 11.4. The largest absolute Gasteiger partial charge is 0.435 e. The molecular formula is C17H12F3N3S. The van der Waals surface area contributed by atoms with Gasteiger partial charge in [0.05, 0.1) is 11.4 Å². The Kier molecular flexibility index (Phi) is 4.11. The maximum Gasteiger partial charge on any atom is 0.435 e. The van der Waals surface area contributed by atoms with E-state index in [0.717, 1.165) is 6.07 Å². The van der Waals surface area contributed by atoms with Crippen molar-refractivity contribution in [1.29, 1.82) is 0 Å². The minimum absolute atomic E-state index is 0.223. The Balaban J connectivity index is 2.15. The molecule has 0 saturated heterocycles. The topological polar surface area (TPSA) is 43.8 Å². The number of thiocarbonyl (C=S) groups is 1. The summed E-state index contributed by atoms with van der Waals surface area (Å²) in [7, 11) is 0. The highest BCUT2D eigenvalue weighted by molar-refractivity contribution is 7.80. The number of hydrogen-bond acceptors (Lipinski definition) is 2. The first kappa shape index (κ1) is 16.2. The van der Waals surface area contributed by atoms with Crippen LogP contribution in [0.2, 0.25) is 0 Å². The van der Waals surface area contributed by atoms with Crippen LogP contribution in [0, 0.1) is 0 Å². The monoisotopic (exact) mass is 347 g/mol. The Bertz CT molecular complexity index is 868. The number of nitrogens with zero attached hydrogens (tertiary/aromatic N) is 2. The minimum Gasteiger partial charge on any atom is -0.389 e. The fourth-order valence-corrected chi connectivity index (χ4v) is 2.43. The summed E-state index contributed by atoms with van der Waals surface area (Å²) in [6.07, 6.45) is -4.52. The van der Waals surface area contributed by atoms with Crippen molar-refractivity contribution in [2.24, 2.45) is 5.73 Å². The molecule has 0 aliphatic heterocycles. The molecule has 0 aliphatic carbocycles. The lowest BCUT2D eigenvalue weighted by atomic mass is 10.1. The van der Waals surface area contributed by atoms with Gasteiger partial charge in [-0.05, 0) is 30.3 Å². The third-order valence-corrected chi connectivity index (χ3v) is 3.70. The Morgan fingerprint density at radius 3 is 2.17 bits per heavy atom. The lowest BCUT2D eigenvalue weighted by molar-refractivity contribution is -0.141. The number of aromatic nitrogens is 2. The normalized spacial score (nSPS) is 11.5. The van der Waals surface area contributed by atoms with Gasteiger partial charge in [0.25, 0.3) is 0 Å². The zero-order valence-electron chi connectivity index (χ0n) is 12.3. The van der Waals surface area contributed by atoms with Gasteiger partial charge in [-0.2, -0.15) is 18.3 Å². The van der Waals surface area contributed by atoms with E-state index < -0.39 is 11.9 Å². The van der Waals surface area contributed by atoms with Crippen LogP contribution in [0.1, 0.15) is 11.3 Å². The molecule has 24 heavy (non-hydrogen) atoms. The van der Waals surface area contributed by atoms with E-state index in [-0.39, 0.29) is 4.99 Å². The maximum absolute atomic E-state index is 13.1. The second kappa shape index (κ2) is 6.09. The van der Waals surface area contributed by atoms with Crippen molar-refractivity contribution in [3.8, 4) is 16.9 Å². The van der Waals surface area contributed by atoms with Crippen LogP contribution in [-0.4, -0.2) is 14.8 Å². The van der Waals surface area contributed by atoms with E-state index in [2.05, 4.69) is 5.10 Å². The molecule has 2 aromatic carbocycles. The molecule has 0 atom stereocenters. The van der Waals surface area contributed by atoms with Crippen molar-refractivity contribution >= 4 is 17.2 Å². The first-order valence-corrected chi connectivity index (χ1v) is 7.40. The molecular weight excluding hydrogens is 335 g/mol. The molecule has 1 aromatic heterocycles. The molecule has 0 amide bonds. The number of nitrogens with two attached hydrogens (primary N) is 1. The molecule has 0 aliphatic rings. The summed E-state index contributed by atoms with van der Waals surface area (Å²) in [5, 5.41) is 3.73. The van der Waals surface area contributed by atoms with Gasteiger partial charge in [-0.15, -0.1) is 0 Å². The molecule has 0 spiro atoms. The molecule has 2 N–H and O–H groups in total. The van der Waals surface area contributed by atoms with Gasteiger partial charge in [-0.25, -0.2) is 4.68 Å². The number of halogens is 3. The van der Waals surface area contributed by atoms with Gasteiger partial charge in [0, 0.05) is 11.1 Å². The second-order valence-electron chi connectivity index (χ2n) is 5.10. The quantitative estimate of drug-likeness (QED) is 0.723. The first-order valence-electron chi connectivity index (χ1n) is 6.99. The maximum atomic E-state index is 13.1. The zero-order valence-corrected chi connectivity index (χ0v) is 13.1. The highest BCUT2D eigenvalue weighted by Crippen LogP contribution is 2.33. The van der Waals surface area contributed by atoms with E-state index in [0.29, 0.717) is 22.5 Å². The standard InChI is InChI=1S/C17H12F3N3S/c18-17(19,20)15-10-14(11-4-2-1-3-5-11)23(22-15)13-8-6-12(7-9-13)16(21)24/h1-10H,(H2,21,24). The fraction of sp³-hybridized carbons (Fsp3) is 0.0588. The molecule has 0 bridgehead atoms. The van der Waals surface area contributed by atoms with Crippen LogP contribution >= 0.6 is 12.2 Å². The molecule has 0 saturated carbocycles. The highest BCUT2D eigenvalue weighted by atomic mass is 32.1. The molecule has 3 nitrogen and oxygen atoms in total. The van der Waals surface area contributed by atoms with Crippen molar-refractivity contribution in [1.82, 2.24) is 9.78 Å². The van der Waals surface area contributed by atoms with Crippen LogP contribution in [0.15, 0.2) is 60.7 Å². The van der Waals surface area contributed by atoms with Gasteiger partial charge >= 0.3 is 6.18 Å². The minimum atomic E-state index is -4.52. The van der Waals surface area contributed by atoms with Gasteiger partial charge in [0.2, 0.25) is 0 Å². The third-order valence-electron chi connectivity index (χ3n) is 3.47. The van der Waals surface area contributed by atoms with Gasteiger partial charge in [0.1, 0.15) is 4.99 Å². The van der Waals surface area contributed by atoms with E-state index in [1.165, 1.54) is 4.68 Å². The average Bonchev–Trinajstić information content (AvgIpc) is 3.01. The van der Waals surface area contributed by atoms with Gasteiger partial charge in [-0.1, -0.05) is 42.5 Å². The number of alkyl halides is 3. The Morgan fingerprint density at radius 2 is 1.62 bits per heavy atom. The summed E-state index contributed by atoms with van der Waals surface area (Å²) >= 11 is 4.88.